The molecule has 1 heterocycles. The summed E-state index contributed by atoms with van der Waals surface area (Å²) in [5.74, 6) is 1.22. The highest BCUT2D eigenvalue weighted by Gasteiger charge is 2.35. The minimum Gasteiger partial charge on any atom is -0.393 e. The summed E-state index contributed by atoms with van der Waals surface area (Å²) in [6, 6.07) is 0. The molecule has 58 valence electrons. The van der Waals surface area contributed by atoms with Gasteiger partial charge in [0, 0.05) is 6.54 Å². The molecular formula is C8H15NO. The number of hydrogen-bond donors (Lipinski definition) is 2. The topological polar surface area (TPSA) is 32.3 Å². The molecule has 10 heavy (non-hydrogen) atoms. The largest absolute Gasteiger partial charge is 0.393 e. The molecule has 2 heteroatoms. The van der Waals surface area contributed by atoms with Gasteiger partial charge >= 0.3 is 0 Å². The smallest absolute Gasteiger partial charge is 0.0609 e. The van der Waals surface area contributed by atoms with E-state index in [1.807, 2.05) is 0 Å². The van der Waals surface area contributed by atoms with Gasteiger partial charge in [0.05, 0.1) is 6.10 Å². The molecular weight excluding hydrogens is 126 g/mol. The standard InChI is InChI=1S/C8H15NO/c10-8(6-1-2-6)7-3-4-9-5-7/h6-10H,1-5H2. The fourth-order valence-corrected chi connectivity index (χ4v) is 1.79. The first-order chi connectivity index (χ1) is 4.88. The van der Waals surface area contributed by atoms with Gasteiger partial charge in [-0.15, -0.1) is 0 Å². The Morgan fingerprint density at radius 2 is 2.00 bits per heavy atom. The SMILES string of the molecule is OC(C1CC1)C1CCNC1. The van der Waals surface area contributed by atoms with Crippen LogP contribution in [0.2, 0.25) is 0 Å². The predicted octanol–water partition coefficient (Wildman–Crippen LogP) is 0.367. The number of rotatable bonds is 2. The zero-order valence-corrected chi connectivity index (χ0v) is 6.21. The normalized spacial score (nSPS) is 36.3. The van der Waals surface area contributed by atoms with Crippen molar-refractivity contribution < 1.29 is 5.11 Å². The Bertz CT molecular complexity index is 116. The van der Waals surface area contributed by atoms with Crippen molar-refractivity contribution >= 4 is 0 Å². The lowest BCUT2D eigenvalue weighted by Gasteiger charge is -2.15. The van der Waals surface area contributed by atoms with Gasteiger partial charge in [0.1, 0.15) is 0 Å². The lowest BCUT2D eigenvalue weighted by Crippen LogP contribution is -2.24. The van der Waals surface area contributed by atoms with Crippen molar-refractivity contribution in [1.82, 2.24) is 5.32 Å². The van der Waals surface area contributed by atoms with E-state index in [9.17, 15) is 5.11 Å². The molecule has 1 aliphatic carbocycles. The summed E-state index contributed by atoms with van der Waals surface area (Å²) in [5.41, 5.74) is 0. The Morgan fingerprint density at radius 3 is 2.50 bits per heavy atom. The van der Waals surface area contributed by atoms with Crippen LogP contribution in [0, 0.1) is 11.8 Å². The highest BCUT2D eigenvalue weighted by Crippen LogP contribution is 2.37. The number of hydrogen-bond acceptors (Lipinski definition) is 2. The summed E-state index contributed by atoms with van der Waals surface area (Å²) >= 11 is 0. The van der Waals surface area contributed by atoms with Crippen LogP contribution in [0.1, 0.15) is 19.3 Å². The van der Waals surface area contributed by atoms with Gasteiger partial charge in [-0.05, 0) is 37.6 Å². The molecule has 0 radical (unpaired) electrons. The van der Waals surface area contributed by atoms with E-state index < -0.39 is 0 Å². The molecule has 2 atom stereocenters. The summed E-state index contributed by atoms with van der Waals surface area (Å²) in [5, 5.41) is 12.9. The first-order valence-corrected chi connectivity index (χ1v) is 4.26. The molecule has 0 spiro atoms. The van der Waals surface area contributed by atoms with Gasteiger partial charge in [-0.1, -0.05) is 0 Å². The maximum absolute atomic E-state index is 9.65. The second kappa shape index (κ2) is 2.51. The average molecular weight is 141 g/mol. The van der Waals surface area contributed by atoms with E-state index in [4.69, 9.17) is 0 Å². The van der Waals surface area contributed by atoms with Crippen molar-refractivity contribution in [3.05, 3.63) is 0 Å². The molecule has 0 amide bonds. The molecule has 1 aliphatic heterocycles. The van der Waals surface area contributed by atoms with E-state index >= 15 is 0 Å². The Kier molecular flexibility index (Phi) is 1.66. The van der Waals surface area contributed by atoms with Gasteiger partial charge in [0.2, 0.25) is 0 Å². The van der Waals surface area contributed by atoms with Gasteiger partial charge in [0.25, 0.3) is 0 Å². The summed E-state index contributed by atoms with van der Waals surface area (Å²) in [4.78, 5) is 0. The van der Waals surface area contributed by atoms with Crippen LogP contribution >= 0.6 is 0 Å². The summed E-state index contributed by atoms with van der Waals surface area (Å²) in [7, 11) is 0. The van der Waals surface area contributed by atoms with Crippen molar-refractivity contribution in [3.63, 3.8) is 0 Å². The molecule has 2 rings (SSSR count). The van der Waals surface area contributed by atoms with E-state index in [0.717, 1.165) is 13.1 Å². The van der Waals surface area contributed by atoms with Crippen LogP contribution in [0.25, 0.3) is 0 Å². The zero-order chi connectivity index (χ0) is 6.97. The van der Waals surface area contributed by atoms with E-state index in [0.29, 0.717) is 11.8 Å². The fourth-order valence-electron chi connectivity index (χ4n) is 1.79. The average Bonchev–Trinajstić information content (AvgIpc) is 2.65. The van der Waals surface area contributed by atoms with Gasteiger partial charge in [-0.25, -0.2) is 0 Å². The number of aliphatic hydroxyl groups is 1. The summed E-state index contributed by atoms with van der Waals surface area (Å²) in [6.45, 7) is 2.14. The molecule has 2 aliphatic rings. The lowest BCUT2D eigenvalue weighted by molar-refractivity contribution is 0.0955. The highest BCUT2D eigenvalue weighted by molar-refractivity contribution is 4.88. The van der Waals surface area contributed by atoms with Crippen LogP contribution in [0.3, 0.4) is 0 Å². The number of aliphatic hydroxyl groups excluding tert-OH is 1. The van der Waals surface area contributed by atoms with Gasteiger partial charge in [0.15, 0.2) is 0 Å². The van der Waals surface area contributed by atoms with Crippen LogP contribution in [0.15, 0.2) is 0 Å². The van der Waals surface area contributed by atoms with Crippen LogP contribution < -0.4 is 5.32 Å². The maximum atomic E-state index is 9.65. The van der Waals surface area contributed by atoms with Crippen molar-refractivity contribution in [1.29, 1.82) is 0 Å². The summed E-state index contributed by atoms with van der Waals surface area (Å²) in [6.07, 6.45) is 3.71. The minimum atomic E-state index is 0.00926. The predicted molar refractivity (Wildman–Crippen MR) is 39.7 cm³/mol. The Labute approximate surface area is 61.6 Å². The third-order valence-electron chi connectivity index (χ3n) is 2.69. The number of nitrogens with one attached hydrogen (secondary N) is 1. The van der Waals surface area contributed by atoms with Crippen LogP contribution in [-0.2, 0) is 0 Å². The third-order valence-corrected chi connectivity index (χ3v) is 2.69. The first kappa shape index (κ1) is 6.62. The molecule has 2 nitrogen and oxygen atoms in total. The van der Waals surface area contributed by atoms with E-state index in [1.165, 1.54) is 19.3 Å². The van der Waals surface area contributed by atoms with Crippen molar-refractivity contribution in [3.8, 4) is 0 Å². The molecule has 2 N–H and O–H groups in total. The maximum Gasteiger partial charge on any atom is 0.0609 e. The van der Waals surface area contributed by atoms with Gasteiger partial charge in [-0.3, -0.25) is 0 Å². The Hall–Kier alpha value is -0.0800. The van der Waals surface area contributed by atoms with Crippen LogP contribution in [-0.4, -0.2) is 24.3 Å². The van der Waals surface area contributed by atoms with Crippen molar-refractivity contribution in [2.75, 3.05) is 13.1 Å². The molecule has 2 fully saturated rings. The second-order valence-electron chi connectivity index (χ2n) is 3.58. The Morgan fingerprint density at radius 1 is 1.20 bits per heavy atom. The molecule has 0 aromatic rings. The van der Waals surface area contributed by atoms with E-state index in [2.05, 4.69) is 5.32 Å². The molecule has 1 saturated carbocycles. The van der Waals surface area contributed by atoms with Crippen molar-refractivity contribution in [2.45, 2.75) is 25.4 Å². The van der Waals surface area contributed by atoms with Crippen LogP contribution in [0.4, 0.5) is 0 Å². The Balaban J connectivity index is 1.84. The third kappa shape index (κ3) is 1.18. The molecule has 0 bridgehead atoms. The molecule has 2 unspecified atom stereocenters. The summed E-state index contributed by atoms with van der Waals surface area (Å²) < 4.78 is 0. The highest BCUT2D eigenvalue weighted by atomic mass is 16.3. The van der Waals surface area contributed by atoms with Gasteiger partial charge in [-0.2, -0.15) is 0 Å². The monoisotopic (exact) mass is 141 g/mol. The lowest BCUT2D eigenvalue weighted by atomic mass is 9.98. The minimum absolute atomic E-state index is 0.00926. The van der Waals surface area contributed by atoms with Crippen molar-refractivity contribution in [2.24, 2.45) is 11.8 Å². The first-order valence-electron chi connectivity index (χ1n) is 4.26. The van der Waals surface area contributed by atoms with Crippen LogP contribution in [0.5, 0.6) is 0 Å². The molecule has 1 saturated heterocycles. The fraction of sp³-hybridized carbons (Fsp3) is 1.00. The zero-order valence-electron chi connectivity index (χ0n) is 6.21. The molecule has 0 aromatic heterocycles. The molecule has 0 aromatic carbocycles. The second-order valence-corrected chi connectivity index (χ2v) is 3.58. The quantitative estimate of drug-likeness (QED) is 0.582. The van der Waals surface area contributed by atoms with E-state index in [-0.39, 0.29) is 6.10 Å². The van der Waals surface area contributed by atoms with E-state index in [1.54, 1.807) is 0 Å². The van der Waals surface area contributed by atoms with Gasteiger partial charge < -0.3 is 10.4 Å².